The quantitative estimate of drug-likeness (QED) is 0.706. The van der Waals surface area contributed by atoms with E-state index in [-0.39, 0.29) is 12.5 Å². The van der Waals surface area contributed by atoms with Crippen molar-refractivity contribution in [2.45, 2.75) is 27.2 Å². The van der Waals surface area contributed by atoms with Gasteiger partial charge in [0.05, 0.1) is 5.92 Å². The monoisotopic (exact) mass is 308 g/mol. The Kier molecular flexibility index (Phi) is 7.52. The van der Waals surface area contributed by atoms with Crippen LogP contribution in [-0.2, 0) is 9.53 Å². The SMILES string of the molecule is CCOCCCN(CC(C)C(=O)O)C(=O)c1cccc(C)n1. The van der Waals surface area contributed by atoms with Crippen LogP contribution < -0.4 is 0 Å². The molecule has 0 saturated heterocycles. The smallest absolute Gasteiger partial charge is 0.308 e. The fourth-order valence-electron chi connectivity index (χ4n) is 2.01. The molecule has 1 heterocycles. The van der Waals surface area contributed by atoms with Crippen molar-refractivity contribution in [2.24, 2.45) is 5.92 Å². The molecule has 0 saturated carbocycles. The van der Waals surface area contributed by atoms with Crippen molar-refractivity contribution in [1.82, 2.24) is 9.88 Å². The number of nitrogens with zero attached hydrogens (tertiary/aromatic N) is 2. The molecule has 1 rings (SSSR count). The van der Waals surface area contributed by atoms with Gasteiger partial charge in [-0.05, 0) is 32.4 Å². The summed E-state index contributed by atoms with van der Waals surface area (Å²) in [6.07, 6.45) is 0.664. The van der Waals surface area contributed by atoms with E-state index in [4.69, 9.17) is 9.84 Å². The Bertz CT molecular complexity index is 505. The van der Waals surface area contributed by atoms with Gasteiger partial charge in [-0.2, -0.15) is 0 Å². The Morgan fingerprint density at radius 2 is 2.14 bits per heavy atom. The van der Waals surface area contributed by atoms with Crippen LogP contribution in [0.2, 0.25) is 0 Å². The lowest BCUT2D eigenvalue weighted by Crippen LogP contribution is -2.38. The molecule has 0 aliphatic heterocycles. The number of aryl methyl sites for hydroxylation is 1. The first-order valence-electron chi connectivity index (χ1n) is 7.49. The van der Waals surface area contributed by atoms with E-state index in [0.717, 1.165) is 5.69 Å². The number of rotatable bonds is 9. The van der Waals surface area contributed by atoms with Crippen molar-refractivity contribution >= 4 is 11.9 Å². The molecule has 122 valence electrons. The number of carbonyl (C=O) groups excluding carboxylic acids is 1. The summed E-state index contributed by atoms with van der Waals surface area (Å²) in [6, 6.07) is 5.24. The van der Waals surface area contributed by atoms with Gasteiger partial charge in [-0.15, -0.1) is 0 Å². The number of pyridine rings is 1. The topological polar surface area (TPSA) is 79.7 Å². The molecule has 0 fully saturated rings. The lowest BCUT2D eigenvalue weighted by molar-refractivity contribution is -0.141. The number of carbonyl (C=O) groups is 2. The first kappa shape index (κ1) is 18.1. The molecule has 1 aromatic rings. The van der Waals surface area contributed by atoms with Crippen LogP contribution in [0.1, 0.15) is 36.5 Å². The minimum absolute atomic E-state index is 0.163. The van der Waals surface area contributed by atoms with Crippen LogP contribution in [0.15, 0.2) is 18.2 Å². The highest BCUT2D eigenvalue weighted by Gasteiger charge is 2.22. The van der Waals surface area contributed by atoms with E-state index < -0.39 is 11.9 Å². The summed E-state index contributed by atoms with van der Waals surface area (Å²) in [4.78, 5) is 29.4. The second-order valence-corrected chi connectivity index (χ2v) is 5.21. The predicted octanol–water partition coefficient (Wildman–Crippen LogP) is 1.98. The van der Waals surface area contributed by atoms with Crippen molar-refractivity contribution in [3.63, 3.8) is 0 Å². The Hall–Kier alpha value is -1.95. The molecule has 0 aliphatic rings. The Morgan fingerprint density at radius 1 is 1.41 bits per heavy atom. The summed E-state index contributed by atoms with van der Waals surface area (Å²) in [6.45, 7) is 7.10. The van der Waals surface area contributed by atoms with Crippen LogP contribution in [0.3, 0.4) is 0 Å². The van der Waals surface area contributed by atoms with Gasteiger partial charge in [0.1, 0.15) is 5.69 Å². The van der Waals surface area contributed by atoms with Crippen LogP contribution in [0.25, 0.3) is 0 Å². The highest BCUT2D eigenvalue weighted by molar-refractivity contribution is 5.92. The van der Waals surface area contributed by atoms with Crippen LogP contribution in [-0.4, -0.2) is 53.2 Å². The average Bonchev–Trinajstić information content (AvgIpc) is 2.49. The Balaban J connectivity index is 2.78. The fraction of sp³-hybridized carbons (Fsp3) is 0.562. The van der Waals surface area contributed by atoms with Gasteiger partial charge < -0.3 is 14.7 Å². The van der Waals surface area contributed by atoms with Gasteiger partial charge in [0.15, 0.2) is 0 Å². The molecule has 22 heavy (non-hydrogen) atoms. The summed E-state index contributed by atoms with van der Waals surface area (Å²) in [7, 11) is 0. The summed E-state index contributed by atoms with van der Waals surface area (Å²) in [5.74, 6) is -1.78. The minimum Gasteiger partial charge on any atom is -0.481 e. The Labute approximate surface area is 131 Å². The lowest BCUT2D eigenvalue weighted by atomic mass is 10.1. The van der Waals surface area contributed by atoms with E-state index in [1.54, 1.807) is 24.0 Å². The molecule has 0 aromatic carbocycles. The summed E-state index contributed by atoms with van der Waals surface area (Å²) < 4.78 is 5.27. The van der Waals surface area contributed by atoms with E-state index in [0.29, 0.717) is 31.9 Å². The number of aromatic nitrogens is 1. The van der Waals surface area contributed by atoms with E-state index >= 15 is 0 Å². The molecular formula is C16H24N2O4. The van der Waals surface area contributed by atoms with Crippen molar-refractivity contribution in [3.05, 3.63) is 29.6 Å². The van der Waals surface area contributed by atoms with Crippen LogP contribution in [0.4, 0.5) is 0 Å². The van der Waals surface area contributed by atoms with Crippen molar-refractivity contribution in [1.29, 1.82) is 0 Å². The number of amides is 1. The summed E-state index contributed by atoms with van der Waals surface area (Å²) in [5.41, 5.74) is 1.10. The maximum absolute atomic E-state index is 12.5. The number of carboxylic acids is 1. The molecule has 1 N–H and O–H groups in total. The molecule has 0 aliphatic carbocycles. The third-order valence-electron chi connectivity index (χ3n) is 3.23. The standard InChI is InChI=1S/C16H24N2O4/c1-4-22-10-6-9-18(11-12(2)16(20)21)15(19)14-8-5-7-13(3)17-14/h5,7-8,12H,4,6,9-11H2,1-3H3,(H,20,21). The molecule has 6 nitrogen and oxygen atoms in total. The van der Waals surface area contributed by atoms with Gasteiger partial charge in [-0.1, -0.05) is 13.0 Å². The van der Waals surface area contributed by atoms with Gasteiger partial charge >= 0.3 is 5.97 Å². The van der Waals surface area contributed by atoms with Gasteiger partial charge in [0, 0.05) is 32.0 Å². The second kappa shape index (κ2) is 9.15. The second-order valence-electron chi connectivity index (χ2n) is 5.21. The molecule has 1 amide bonds. The summed E-state index contributed by atoms with van der Waals surface area (Å²) in [5, 5.41) is 9.06. The zero-order valence-corrected chi connectivity index (χ0v) is 13.4. The first-order valence-corrected chi connectivity index (χ1v) is 7.49. The predicted molar refractivity (Wildman–Crippen MR) is 82.8 cm³/mol. The van der Waals surface area contributed by atoms with Crippen molar-refractivity contribution in [2.75, 3.05) is 26.3 Å². The summed E-state index contributed by atoms with van der Waals surface area (Å²) >= 11 is 0. The molecule has 6 heteroatoms. The number of hydrogen-bond donors (Lipinski definition) is 1. The molecule has 1 atom stereocenters. The van der Waals surface area contributed by atoms with E-state index in [1.807, 2.05) is 19.9 Å². The van der Waals surface area contributed by atoms with E-state index in [2.05, 4.69) is 4.98 Å². The lowest BCUT2D eigenvalue weighted by Gasteiger charge is -2.24. The number of carboxylic acid groups (broad SMARTS) is 1. The molecule has 1 unspecified atom stereocenters. The minimum atomic E-state index is -0.917. The highest BCUT2D eigenvalue weighted by atomic mass is 16.5. The van der Waals surface area contributed by atoms with Crippen molar-refractivity contribution < 1.29 is 19.4 Å². The zero-order chi connectivity index (χ0) is 16.5. The van der Waals surface area contributed by atoms with Crippen LogP contribution in [0.5, 0.6) is 0 Å². The van der Waals surface area contributed by atoms with Crippen LogP contribution >= 0.6 is 0 Å². The molecule has 1 aromatic heterocycles. The Morgan fingerprint density at radius 3 is 2.73 bits per heavy atom. The molecule has 0 bridgehead atoms. The van der Waals surface area contributed by atoms with Crippen LogP contribution in [0, 0.1) is 12.8 Å². The van der Waals surface area contributed by atoms with Crippen molar-refractivity contribution in [3.8, 4) is 0 Å². The van der Waals surface area contributed by atoms with Gasteiger partial charge in [0.25, 0.3) is 5.91 Å². The van der Waals surface area contributed by atoms with Gasteiger partial charge in [-0.3, -0.25) is 9.59 Å². The largest absolute Gasteiger partial charge is 0.481 e. The maximum atomic E-state index is 12.5. The first-order chi connectivity index (χ1) is 10.5. The van der Waals surface area contributed by atoms with Gasteiger partial charge in [0.2, 0.25) is 0 Å². The third-order valence-corrected chi connectivity index (χ3v) is 3.23. The third kappa shape index (κ3) is 5.81. The number of aliphatic carboxylic acids is 1. The highest BCUT2D eigenvalue weighted by Crippen LogP contribution is 2.08. The zero-order valence-electron chi connectivity index (χ0n) is 13.4. The molecular weight excluding hydrogens is 284 g/mol. The van der Waals surface area contributed by atoms with E-state index in [1.165, 1.54) is 0 Å². The normalized spacial score (nSPS) is 12.0. The maximum Gasteiger partial charge on any atom is 0.308 e. The molecule has 0 spiro atoms. The molecule has 0 radical (unpaired) electrons. The van der Waals surface area contributed by atoms with Gasteiger partial charge in [-0.25, -0.2) is 4.98 Å². The number of hydrogen-bond acceptors (Lipinski definition) is 4. The number of ether oxygens (including phenoxy) is 1. The average molecular weight is 308 g/mol. The van der Waals surface area contributed by atoms with E-state index in [9.17, 15) is 9.59 Å². The fourth-order valence-corrected chi connectivity index (χ4v) is 2.01.